The number of hydrogen-bond acceptors (Lipinski definition) is 4. The Morgan fingerprint density at radius 3 is 2.12 bits per heavy atom. The van der Waals surface area contributed by atoms with E-state index in [4.69, 9.17) is 0 Å². The number of carbonyl (C=O) groups is 3. The van der Waals surface area contributed by atoms with Crippen LogP contribution in [0.3, 0.4) is 0 Å². The summed E-state index contributed by atoms with van der Waals surface area (Å²) in [6.45, 7) is 1.71. The Morgan fingerprint density at radius 2 is 1.75 bits per heavy atom. The normalized spacial score (nSPS) is 12.3. The Kier molecular flexibility index (Phi) is 6.44. The van der Waals surface area contributed by atoms with Gasteiger partial charge in [0.25, 0.3) is 6.43 Å². The van der Waals surface area contributed by atoms with E-state index < -0.39 is 36.3 Å². The third-order valence-corrected chi connectivity index (χ3v) is 2.02. The van der Waals surface area contributed by atoms with E-state index in [2.05, 4.69) is 4.74 Å². The van der Waals surface area contributed by atoms with Crippen LogP contribution >= 0.6 is 0 Å². The van der Waals surface area contributed by atoms with Crippen molar-refractivity contribution in [3.63, 3.8) is 0 Å². The van der Waals surface area contributed by atoms with Crippen molar-refractivity contribution in [1.29, 1.82) is 0 Å². The van der Waals surface area contributed by atoms with E-state index in [-0.39, 0.29) is 6.42 Å². The first kappa shape index (κ1) is 14.7. The van der Waals surface area contributed by atoms with Gasteiger partial charge in [-0.3, -0.25) is 14.4 Å². The number of carbonyl (C=O) groups excluding carboxylic acids is 3. The molecule has 0 aromatic rings. The molecule has 16 heavy (non-hydrogen) atoms. The fourth-order valence-electron chi connectivity index (χ4n) is 1.18. The van der Waals surface area contributed by atoms with E-state index in [1.165, 1.54) is 0 Å². The highest BCUT2D eigenvalue weighted by Crippen LogP contribution is 2.14. The molecule has 0 aliphatic carbocycles. The number of rotatable bonds is 7. The average Bonchev–Trinajstić information content (AvgIpc) is 2.24. The predicted octanol–water partition coefficient (Wildman–Crippen LogP) is 1.37. The minimum absolute atomic E-state index is 0.0658. The molecule has 0 saturated carbocycles. The Labute approximate surface area is 92.0 Å². The van der Waals surface area contributed by atoms with E-state index >= 15 is 0 Å². The smallest absolute Gasteiger partial charge is 0.316 e. The molecule has 0 aliphatic heterocycles. The molecule has 0 aliphatic rings. The zero-order valence-corrected chi connectivity index (χ0v) is 9.16. The SMILES string of the molecule is CCCC(=O)C(CC(=O)C(F)F)C(=O)OC. The van der Waals surface area contributed by atoms with Crippen LogP contribution in [0, 0.1) is 5.92 Å². The summed E-state index contributed by atoms with van der Waals surface area (Å²) in [6, 6.07) is 0. The summed E-state index contributed by atoms with van der Waals surface area (Å²) in [5.74, 6) is -4.29. The van der Waals surface area contributed by atoms with Crippen molar-refractivity contribution >= 4 is 17.5 Å². The predicted molar refractivity (Wildman–Crippen MR) is 51.0 cm³/mol. The van der Waals surface area contributed by atoms with Crippen LogP contribution in [0.1, 0.15) is 26.2 Å². The molecule has 92 valence electrons. The van der Waals surface area contributed by atoms with E-state index in [1.807, 2.05) is 0 Å². The standard InChI is InChI=1S/C10H14F2O4/c1-3-4-7(13)6(10(15)16-2)5-8(14)9(11)12/h6,9H,3-5H2,1-2H3. The van der Waals surface area contributed by atoms with E-state index in [0.717, 1.165) is 7.11 Å². The van der Waals surface area contributed by atoms with Crippen molar-refractivity contribution in [2.45, 2.75) is 32.6 Å². The monoisotopic (exact) mass is 236 g/mol. The second-order valence-corrected chi connectivity index (χ2v) is 3.26. The molecular weight excluding hydrogens is 222 g/mol. The first-order valence-corrected chi connectivity index (χ1v) is 4.85. The van der Waals surface area contributed by atoms with Crippen molar-refractivity contribution < 1.29 is 27.9 Å². The van der Waals surface area contributed by atoms with Crippen molar-refractivity contribution in [2.24, 2.45) is 5.92 Å². The lowest BCUT2D eigenvalue weighted by molar-refractivity contribution is -0.152. The number of hydrogen-bond donors (Lipinski definition) is 0. The summed E-state index contributed by atoms with van der Waals surface area (Å²) < 4.78 is 28.3. The van der Waals surface area contributed by atoms with Crippen LogP contribution in [0.2, 0.25) is 0 Å². The van der Waals surface area contributed by atoms with Crippen molar-refractivity contribution in [1.82, 2.24) is 0 Å². The Bertz CT molecular complexity index is 276. The van der Waals surface area contributed by atoms with E-state index in [0.29, 0.717) is 6.42 Å². The third-order valence-electron chi connectivity index (χ3n) is 2.02. The summed E-state index contributed by atoms with van der Waals surface area (Å²) in [4.78, 5) is 33.3. The van der Waals surface area contributed by atoms with Gasteiger partial charge in [-0.1, -0.05) is 6.92 Å². The highest BCUT2D eigenvalue weighted by Gasteiger charge is 2.31. The van der Waals surface area contributed by atoms with Crippen LogP contribution in [0.4, 0.5) is 8.78 Å². The Morgan fingerprint density at radius 1 is 1.19 bits per heavy atom. The number of alkyl halides is 2. The maximum atomic E-state index is 12.0. The van der Waals surface area contributed by atoms with Gasteiger partial charge in [-0.05, 0) is 6.42 Å². The molecule has 0 bridgehead atoms. The lowest BCUT2D eigenvalue weighted by Crippen LogP contribution is -2.29. The van der Waals surface area contributed by atoms with Gasteiger partial charge >= 0.3 is 5.97 Å². The molecule has 0 N–H and O–H groups in total. The second-order valence-electron chi connectivity index (χ2n) is 3.26. The van der Waals surface area contributed by atoms with Gasteiger partial charge in [0.2, 0.25) is 0 Å². The average molecular weight is 236 g/mol. The molecule has 0 spiro atoms. The number of ketones is 2. The molecule has 0 heterocycles. The summed E-state index contributed by atoms with van der Waals surface area (Å²) in [5, 5.41) is 0. The second kappa shape index (κ2) is 7.03. The van der Waals surface area contributed by atoms with Gasteiger partial charge in [0.05, 0.1) is 7.11 Å². The molecule has 0 aromatic heterocycles. The largest absolute Gasteiger partial charge is 0.468 e. The zero-order valence-electron chi connectivity index (χ0n) is 9.16. The van der Waals surface area contributed by atoms with Crippen LogP contribution in [0.25, 0.3) is 0 Å². The minimum atomic E-state index is -3.17. The molecule has 4 nitrogen and oxygen atoms in total. The molecule has 0 amide bonds. The first-order valence-electron chi connectivity index (χ1n) is 4.85. The lowest BCUT2D eigenvalue weighted by Gasteiger charge is -2.11. The number of methoxy groups -OCH3 is 1. The minimum Gasteiger partial charge on any atom is -0.468 e. The Balaban J connectivity index is 4.62. The van der Waals surface area contributed by atoms with Crippen molar-refractivity contribution in [2.75, 3.05) is 7.11 Å². The van der Waals surface area contributed by atoms with Crippen LogP contribution in [-0.2, 0) is 19.1 Å². The topological polar surface area (TPSA) is 60.4 Å². The van der Waals surface area contributed by atoms with Crippen molar-refractivity contribution in [3.05, 3.63) is 0 Å². The van der Waals surface area contributed by atoms with Gasteiger partial charge in [0.1, 0.15) is 11.7 Å². The number of esters is 1. The summed E-state index contributed by atoms with van der Waals surface area (Å²) in [7, 11) is 1.04. The highest BCUT2D eigenvalue weighted by atomic mass is 19.3. The Hall–Kier alpha value is -1.33. The molecule has 0 rings (SSSR count). The third kappa shape index (κ3) is 4.46. The maximum Gasteiger partial charge on any atom is 0.316 e. The van der Waals surface area contributed by atoms with Gasteiger partial charge in [-0.15, -0.1) is 0 Å². The quantitative estimate of drug-likeness (QED) is 0.494. The first-order chi connectivity index (χ1) is 7.43. The van der Waals surface area contributed by atoms with Crippen LogP contribution < -0.4 is 0 Å². The summed E-state index contributed by atoms with van der Waals surface area (Å²) in [6.07, 6.45) is -3.41. The number of Topliss-reactive ketones (excluding diaryl/α,β-unsaturated/α-hetero) is 2. The molecular formula is C10H14F2O4. The van der Waals surface area contributed by atoms with Crippen LogP contribution in [0.15, 0.2) is 0 Å². The van der Waals surface area contributed by atoms with Crippen LogP contribution in [-0.4, -0.2) is 31.1 Å². The van der Waals surface area contributed by atoms with Gasteiger partial charge < -0.3 is 4.74 Å². The lowest BCUT2D eigenvalue weighted by atomic mass is 9.95. The van der Waals surface area contributed by atoms with Gasteiger partial charge in [-0.2, -0.15) is 0 Å². The summed E-state index contributed by atoms with van der Waals surface area (Å²) >= 11 is 0. The molecule has 0 saturated heterocycles. The molecule has 1 atom stereocenters. The molecule has 0 fully saturated rings. The van der Waals surface area contributed by atoms with Gasteiger partial charge in [-0.25, -0.2) is 8.78 Å². The summed E-state index contributed by atoms with van der Waals surface area (Å²) in [5.41, 5.74) is 0. The fourth-order valence-corrected chi connectivity index (χ4v) is 1.18. The highest BCUT2D eigenvalue weighted by molar-refractivity contribution is 6.02. The molecule has 1 unspecified atom stereocenters. The molecule has 6 heteroatoms. The molecule has 0 aromatic carbocycles. The number of halogens is 2. The molecule has 0 radical (unpaired) electrons. The fraction of sp³-hybridized carbons (Fsp3) is 0.700. The maximum absolute atomic E-state index is 12.0. The van der Waals surface area contributed by atoms with Crippen LogP contribution in [0.5, 0.6) is 0 Å². The van der Waals surface area contributed by atoms with Gasteiger partial charge in [0, 0.05) is 12.8 Å². The zero-order chi connectivity index (χ0) is 12.7. The van der Waals surface area contributed by atoms with E-state index in [1.54, 1.807) is 6.92 Å². The number of ether oxygens (including phenoxy) is 1. The van der Waals surface area contributed by atoms with Gasteiger partial charge in [0.15, 0.2) is 5.78 Å². The van der Waals surface area contributed by atoms with E-state index in [9.17, 15) is 23.2 Å². The van der Waals surface area contributed by atoms with Crippen molar-refractivity contribution in [3.8, 4) is 0 Å².